The van der Waals surface area contributed by atoms with E-state index < -0.39 is 6.23 Å². The number of nitrogens with one attached hydrogen (secondary N) is 1. The third-order valence-electron chi connectivity index (χ3n) is 1.90. The maximum atomic E-state index is 10.8. The Labute approximate surface area is 92.9 Å². The van der Waals surface area contributed by atoms with Crippen molar-refractivity contribution in [2.45, 2.75) is 18.7 Å². The fourth-order valence-electron chi connectivity index (χ4n) is 1.24. The summed E-state index contributed by atoms with van der Waals surface area (Å²) in [5, 5.41) is 14.1. The summed E-state index contributed by atoms with van der Waals surface area (Å²) in [7, 11) is 1.50. The van der Waals surface area contributed by atoms with E-state index in [0.717, 1.165) is 11.2 Å². The van der Waals surface area contributed by atoms with E-state index in [1.54, 1.807) is 11.3 Å². The summed E-state index contributed by atoms with van der Waals surface area (Å²) in [5.41, 5.74) is 0. The molecule has 1 heterocycles. The van der Waals surface area contributed by atoms with Crippen molar-refractivity contribution in [3.63, 3.8) is 0 Å². The lowest BCUT2D eigenvalue weighted by atomic mass is 10.2. The largest absolute Gasteiger partial charge is 0.381 e. The van der Waals surface area contributed by atoms with Gasteiger partial charge >= 0.3 is 0 Å². The molecule has 5 heteroatoms. The highest BCUT2D eigenvalue weighted by Crippen LogP contribution is 2.10. The van der Waals surface area contributed by atoms with Gasteiger partial charge in [-0.2, -0.15) is 0 Å². The van der Waals surface area contributed by atoms with Crippen LogP contribution in [-0.4, -0.2) is 37.4 Å². The molecule has 0 amide bonds. The van der Waals surface area contributed by atoms with Crippen molar-refractivity contribution in [2.24, 2.45) is 0 Å². The first-order valence-corrected chi connectivity index (χ1v) is 5.55. The molecule has 2 atom stereocenters. The minimum absolute atomic E-state index is 0.175. The minimum atomic E-state index is -0.801. The molecule has 1 aromatic heterocycles. The number of aldehydes is 1. The monoisotopic (exact) mass is 229 g/mol. The zero-order valence-corrected chi connectivity index (χ0v) is 9.37. The van der Waals surface area contributed by atoms with E-state index in [4.69, 9.17) is 4.74 Å². The fraction of sp³-hybridized carbons (Fsp3) is 0.500. The van der Waals surface area contributed by atoms with E-state index in [-0.39, 0.29) is 12.6 Å². The minimum Gasteiger partial charge on any atom is -0.381 e. The van der Waals surface area contributed by atoms with Gasteiger partial charge < -0.3 is 14.6 Å². The van der Waals surface area contributed by atoms with Crippen LogP contribution in [0.5, 0.6) is 0 Å². The number of ether oxygens (including phenoxy) is 1. The molecule has 0 bridgehead atoms. The first kappa shape index (κ1) is 12.3. The van der Waals surface area contributed by atoms with Crippen LogP contribution >= 0.6 is 11.3 Å². The average Bonchev–Trinajstić information content (AvgIpc) is 2.70. The predicted octanol–water partition coefficient (Wildman–Crippen LogP) is 0.412. The van der Waals surface area contributed by atoms with Gasteiger partial charge in [0.05, 0.1) is 12.6 Å². The lowest BCUT2D eigenvalue weighted by Gasteiger charge is -2.16. The molecule has 0 aromatic carbocycles. The van der Waals surface area contributed by atoms with Gasteiger partial charge in [-0.25, -0.2) is 0 Å². The van der Waals surface area contributed by atoms with Crippen molar-refractivity contribution in [3.05, 3.63) is 22.4 Å². The number of thiophene rings is 1. The number of carbonyl (C=O) groups is 1. The maximum absolute atomic E-state index is 10.8. The quantitative estimate of drug-likeness (QED) is 0.525. The Balaban J connectivity index is 2.39. The second-order valence-electron chi connectivity index (χ2n) is 3.16. The van der Waals surface area contributed by atoms with Gasteiger partial charge in [0.25, 0.3) is 0 Å². The summed E-state index contributed by atoms with van der Waals surface area (Å²) < 4.78 is 4.76. The number of hydrogen-bond acceptors (Lipinski definition) is 5. The number of carbonyl (C=O) groups excluding carboxylic acids is 1. The van der Waals surface area contributed by atoms with E-state index in [1.807, 2.05) is 17.5 Å². The van der Waals surface area contributed by atoms with Gasteiger partial charge in [-0.15, -0.1) is 11.3 Å². The Kier molecular flexibility index (Phi) is 5.49. The van der Waals surface area contributed by atoms with Crippen molar-refractivity contribution in [2.75, 3.05) is 13.7 Å². The molecule has 1 rings (SSSR count). The van der Waals surface area contributed by atoms with Gasteiger partial charge in [0.15, 0.2) is 0 Å². The van der Waals surface area contributed by atoms with Crippen LogP contribution in [0.25, 0.3) is 0 Å². The normalized spacial score (nSPS) is 14.8. The zero-order chi connectivity index (χ0) is 11.1. The Morgan fingerprint density at radius 2 is 2.53 bits per heavy atom. The van der Waals surface area contributed by atoms with E-state index in [2.05, 4.69) is 5.32 Å². The summed E-state index contributed by atoms with van der Waals surface area (Å²) in [4.78, 5) is 11.9. The molecule has 0 saturated carbocycles. The van der Waals surface area contributed by atoms with E-state index >= 15 is 0 Å². The second kappa shape index (κ2) is 6.68. The highest BCUT2D eigenvalue weighted by Gasteiger charge is 2.13. The molecule has 0 spiro atoms. The molecule has 1 aromatic rings. The first-order valence-electron chi connectivity index (χ1n) is 4.67. The molecule has 15 heavy (non-hydrogen) atoms. The standard InChI is InChI=1S/C10H15NO3S/c1-14-7-10(13)11-8(6-12)5-9-3-2-4-15-9/h2-4,6,8,10-11,13H,5,7H2,1H3/t8-,10?/m0/s1. The molecule has 0 aliphatic rings. The molecular formula is C10H15NO3S. The van der Waals surface area contributed by atoms with Crippen molar-refractivity contribution in [1.82, 2.24) is 5.32 Å². The molecule has 0 fully saturated rings. The molecule has 0 aliphatic carbocycles. The Morgan fingerprint density at radius 3 is 3.07 bits per heavy atom. The van der Waals surface area contributed by atoms with Crippen molar-refractivity contribution < 1.29 is 14.6 Å². The molecule has 0 aliphatic heterocycles. The van der Waals surface area contributed by atoms with Crippen LogP contribution in [0.1, 0.15) is 4.88 Å². The van der Waals surface area contributed by atoms with Gasteiger partial charge in [-0.05, 0) is 11.4 Å². The molecule has 0 radical (unpaired) electrons. The lowest BCUT2D eigenvalue weighted by Crippen LogP contribution is -2.42. The summed E-state index contributed by atoms with van der Waals surface area (Å²) >= 11 is 1.60. The molecule has 0 saturated heterocycles. The third kappa shape index (κ3) is 4.53. The fourth-order valence-corrected chi connectivity index (χ4v) is 2.01. The average molecular weight is 229 g/mol. The molecule has 1 unspecified atom stereocenters. The molecule has 84 valence electrons. The number of hydrogen-bond donors (Lipinski definition) is 2. The van der Waals surface area contributed by atoms with Gasteiger partial charge in [-0.3, -0.25) is 5.32 Å². The maximum Gasteiger partial charge on any atom is 0.137 e. The van der Waals surface area contributed by atoms with Crippen LogP contribution in [0.15, 0.2) is 17.5 Å². The van der Waals surface area contributed by atoms with Gasteiger partial charge in [0, 0.05) is 18.4 Å². The summed E-state index contributed by atoms with van der Waals surface area (Å²) in [6.07, 6.45) is 0.603. The highest BCUT2D eigenvalue weighted by molar-refractivity contribution is 7.09. The molecular weight excluding hydrogens is 214 g/mol. The van der Waals surface area contributed by atoms with Crippen molar-refractivity contribution in [3.8, 4) is 0 Å². The predicted molar refractivity (Wildman–Crippen MR) is 58.9 cm³/mol. The smallest absolute Gasteiger partial charge is 0.137 e. The number of methoxy groups -OCH3 is 1. The van der Waals surface area contributed by atoms with Crippen LogP contribution in [0, 0.1) is 0 Å². The van der Waals surface area contributed by atoms with Gasteiger partial charge in [0.1, 0.15) is 12.5 Å². The van der Waals surface area contributed by atoms with E-state index in [1.165, 1.54) is 7.11 Å². The summed E-state index contributed by atoms with van der Waals surface area (Å²) in [6.45, 7) is 0.175. The van der Waals surface area contributed by atoms with Crippen LogP contribution in [-0.2, 0) is 16.0 Å². The summed E-state index contributed by atoms with van der Waals surface area (Å²) in [5.74, 6) is 0. The van der Waals surface area contributed by atoms with Crippen LogP contribution in [0.4, 0.5) is 0 Å². The second-order valence-corrected chi connectivity index (χ2v) is 4.20. The number of rotatable bonds is 7. The van der Waals surface area contributed by atoms with E-state index in [9.17, 15) is 9.90 Å². The van der Waals surface area contributed by atoms with Crippen LogP contribution < -0.4 is 5.32 Å². The lowest BCUT2D eigenvalue weighted by molar-refractivity contribution is -0.110. The van der Waals surface area contributed by atoms with Gasteiger partial charge in [-0.1, -0.05) is 6.07 Å². The third-order valence-corrected chi connectivity index (χ3v) is 2.80. The number of aliphatic hydroxyl groups excluding tert-OH is 1. The van der Waals surface area contributed by atoms with Crippen molar-refractivity contribution in [1.29, 1.82) is 0 Å². The molecule has 4 nitrogen and oxygen atoms in total. The Morgan fingerprint density at radius 1 is 1.73 bits per heavy atom. The summed E-state index contributed by atoms with van der Waals surface area (Å²) in [6, 6.07) is 3.53. The van der Waals surface area contributed by atoms with Crippen LogP contribution in [0.2, 0.25) is 0 Å². The highest BCUT2D eigenvalue weighted by atomic mass is 32.1. The van der Waals surface area contributed by atoms with E-state index in [0.29, 0.717) is 6.42 Å². The first-order chi connectivity index (χ1) is 7.26. The zero-order valence-electron chi connectivity index (χ0n) is 8.55. The topological polar surface area (TPSA) is 58.6 Å². The van der Waals surface area contributed by atoms with Gasteiger partial charge in [0.2, 0.25) is 0 Å². The Bertz CT molecular complexity index is 276. The molecule has 2 N–H and O–H groups in total. The Hall–Kier alpha value is -0.750. The number of aliphatic hydroxyl groups is 1. The van der Waals surface area contributed by atoms with Crippen LogP contribution in [0.3, 0.4) is 0 Å². The SMILES string of the molecule is COCC(O)N[C@H](C=O)Cc1cccs1. The van der Waals surface area contributed by atoms with Crippen molar-refractivity contribution >= 4 is 17.6 Å².